The van der Waals surface area contributed by atoms with Gasteiger partial charge in [0.1, 0.15) is 0 Å². The Morgan fingerprint density at radius 3 is 1.25 bits per heavy atom. The molecule has 0 atom stereocenters. The largest absolute Gasteiger partial charge is 1.00 e. The summed E-state index contributed by atoms with van der Waals surface area (Å²) in [6.07, 6.45) is 0. The van der Waals surface area contributed by atoms with Crippen LogP contribution in [0.3, 0.4) is 0 Å². The standard InChI is InChI=1S/Al.Na.H2O4S.H2O.4H/c;;1-5(2,3)4;;;;;/h;;(H2,1,2,3,4);1H2;;;;/q;+1;;;;;;-1. The van der Waals surface area contributed by atoms with Gasteiger partial charge in [-0.15, -0.1) is 0 Å². The molecule has 0 saturated heterocycles. The van der Waals surface area contributed by atoms with Crippen molar-refractivity contribution in [1.82, 2.24) is 0 Å². The molecule has 0 rings (SSSR count). The molecule has 0 unspecified atom stereocenters. The van der Waals surface area contributed by atoms with Crippen molar-refractivity contribution in [2.75, 3.05) is 0 Å². The summed E-state index contributed by atoms with van der Waals surface area (Å²) < 4.78 is 31.6. The summed E-state index contributed by atoms with van der Waals surface area (Å²) in [5.74, 6) is 0. The first-order chi connectivity index (χ1) is 2.00. The second-order valence-electron chi connectivity index (χ2n) is 0.448. The molecule has 4 N–H and O–H groups in total. The van der Waals surface area contributed by atoms with Crippen molar-refractivity contribution in [2.24, 2.45) is 0 Å². The maximum atomic E-state index is 8.74. The van der Waals surface area contributed by atoms with E-state index in [0.717, 1.165) is 0 Å². The van der Waals surface area contributed by atoms with Gasteiger partial charge in [0, 0.05) is 0 Å². The minimum atomic E-state index is -4.67. The molecule has 0 aromatic rings. The Hall–Kier alpha value is 1.36. The van der Waals surface area contributed by atoms with Gasteiger partial charge in [0.2, 0.25) is 0 Å². The van der Waals surface area contributed by atoms with Crippen molar-refractivity contribution < 1.29 is 54.0 Å². The zero-order valence-corrected chi connectivity index (χ0v) is 6.44. The molecular formula is H8AlNaO5S. The van der Waals surface area contributed by atoms with Crippen molar-refractivity contribution in [3.05, 3.63) is 0 Å². The van der Waals surface area contributed by atoms with Gasteiger partial charge in [-0.2, -0.15) is 8.42 Å². The molecule has 0 amide bonds. The summed E-state index contributed by atoms with van der Waals surface area (Å²) in [6.45, 7) is 0. The van der Waals surface area contributed by atoms with E-state index in [4.69, 9.17) is 17.5 Å². The van der Waals surface area contributed by atoms with Gasteiger partial charge in [-0.3, -0.25) is 9.11 Å². The topological polar surface area (TPSA) is 106 Å². The maximum Gasteiger partial charge on any atom is 1.00 e. The molecule has 5 nitrogen and oxygen atoms in total. The van der Waals surface area contributed by atoms with E-state index in [0.29, 0.717) is 0 Å². The predicted octanol–water partition coefficient (Wildman–Crippen LogP) is -5.54. The van der Waals surface area contributed by atoms with Crippen LogP contribution in [0.4, 0.5) is 0 Å². The molecule has 0 aromatic heterocycles. The molecule has 0 aliphatic carbocycles. The maximum absolute atomic E-state index is 8.74. The molecule has 48 valence electrons. The Bertz CT molecular complexity index is 100. The first-order valence-corrected chi connectivity index (χ1v) is 2.10. The number of hydrogen-bond acceptors (Lipinski definition) is 2. The average Bonchev–Trinajstić information content (AvgIpc) is 0.722. The van der Waals surface area contributed by atoms with Crippen LogP contribution in [0.1, 0.15) is 1.43 Å². The number of hydrogen-bond donors (Lipinski definition) is 2. The third-order valence-electron chi connectivity index (χ3n) is 0. The Morgan fingerprint density at radius 2 is 1.25 bits per heavy atom. The van der Waals surface area contributed by atoms with Crippen LogP contribution in [-0.4, -0.2) is 40.4 Å². The first kappa shape index (κ1) is 22.8. The minimum absolute atomic E-state index is 0. The predicted molar refractivity (Wildman–Crippen MR) is 28.8 cm³/mol. The fourth-order valence-electron chi connectivity index (χ4n) is 0. The van der Waals surface area contributed by atoms with E-state index < -0.39 is 10.4 Å². The summed E-state index contributed by atoms with van der Waals surface area (Å²) in [4.78, 5) is 0. The summed E-state index contributed by atoms with van der Waals surface area (Å²) in [7, 11) is -4.67. The summed E-state index contributed by atoms with van der Waals surface area (Å²) in [6, 6.07) is 0. The van der Waals surface area contributed by atoms with Gasteiger partial charge in [0.15, 0.2) is 17.4 Å². The Morgan fingerprint density at radius 1 is 1.25 bits per heavy atom. The van der Waals surface area contributed by atoms with Crippen LogP contribution < -0.4 is 29.6 Å². The molecule has 0 bridgehead atoms. The van der Waals surface area contributed by atoms with Crippen LogP contribution in [0, 0.1) is 0 Å². The van der Waals surface area contributed by atoms with E-state index in [9.17, 15) is 0 Å². The monoisotopic (exact) mass is 170 g/mol. The second-order valence-corrected chi connectivity index (χ2v) is 1.34. The van der Waals surface area contributed by atoms with Crippen LogP contribution in [0.5, 0.6) is 0 Å². The average molecular weight is 170 g/mol. The molecule has 0 aliphatic rings. The molecule has 0 fully saturated rings. The molecule has 0 heterocycles. The second kappa shape index (κ2) is 8.36. The zero-order valence-electron chi connectivity index (χ0n) is 4.62. The van der Waals surface area contributed by atoms with Crippen molar-refractivity contribution >= 4 is 27.8 Å². The van der Waals surface area contributed by atoms with Crippen LogP contribution in [0.25, 0.3) is 0 Å². The summed E-state index contributed by atoms with van der Waals surface area (Å²) in [5, 5.41) is 0. The van der Waals surface area contributed by atoms with E-state index >= 15 is 0 Å². The van der Waals surface area contributed by atoms with Crippen LogP contribution >= 0.6 is 0 Å². The van der Waals surface area contributed by atoms with Crippen molar-refractivity contribution in [3.8, 4) is 0 Å². The molecule has 8 heavy (non-hydrogen) atoms. The van der Waals surface area contributed by atoms with Crippen molar-refractivity contribution in [1.29, 1.82) is 0 Å². The zero-order chi connectivity index (χ0) is 4.50. The van der Waals surface area contributed by atoms with Gasteiger partial charge in [0.25, 0.3) is 0 Å². The molecule has 0 radical (unpaired) electrons. The van der Waals surface area contributed by atoms with Crippen molar-refractivity contribution in [2.45, 2.75) is 0 Å². The smallest absolute Gasteiger partial charge is 1.00 e. The van der Waals surface area contributed by atoms with E-state index in [1.54, 1.807) is 0 Å². The van der Waals surface area contributed by atoms with Crippen LogP contribution in [0.15, 0.2) is 0 Å². The van der Waals surface area contributed by atoms with E-state index in [-0.39, 0.29) is 53.8 Å². The van der Waals surface area contributed by atoms with Gasteiger partial charge in [0.05, 0.1) is 0 Å². The third kappa shape index (κ3) is 161. The summed E-state index contributed by atoms with van der Waals surface area (Å²) >= 11 is 0. The van der Waals surface area contributed by atoms with Gasteiger partial charge in [-0.25, -0.2) is 0 Å². The van der Waals surface area contributed by atoms with E-state index in [1.807, 2.05) is 0 Å². The van der Waals surface area contributed by atoms with E-state index in [2.05, 4.69) is 0 Å². The number of rotatable bonds is 0. The van der Waals surface area contributed by atoms with Gasteiger partial charge in [-0.05, 0) is 0 Å². The quantitative estimate of drug-likeness (QED) is 0.279. The fourth-order valence-corrected chi connectivity index (χ4v) is 0. The molecule has 8 heteroatoms. The van der Waals surface area contributed by atoms with Gasteiger partial charge >= 0.3 is 40.0 Å². The Labute approximate surface area is 81.3 Å². The fraction of sp³-hybridized carbons (Fsp3) is 0. The molecule has 0 spiro atoms. The Kier molecular flexibility index (Phi) is 23.8. The van der Waals surface area contributed by atoms with E-state index in [1.165, 1.54) is 0 Å². The third-order valence-corrected chi connectivity index (χ3v) is 0. The SMILES string of the molecule is O.O=S(=O)(O)O.[AlH3].[H-].[Na+]. The van der Waals surface area contributed by atoms with Gasteiger partial charge < -0.3 is 6.90 Å². The molecule has 0 aliphatic heterocycles. The summed E-state index contributed by atoms with van der Waals surface area (Å²) in [5.41, 5.74) is 0. The minimum Gasteiger partial charge on any atom is -1.00 e. The molecular weight excluding hydrogens is 162 g/mol. The van der Waals surface area contributed by atoms with Crippen LogP contribution in [-0.2, 0) is 10.4 Å². The Balaban J connectivity index is -0.0000000133. The van der Waals surface area contributed by atoms with Crippen molar-refractivity contribution in [3.63, 3.8) is 0 Å². The van der Waals surface area contributed by atoms with Gasteiger partial charge in [-0.1, -0.05) is 0 Å². The first-order valence-electron chi connectivity index (χ1n) is 0.698. The molecule has 0 aromatic carbocycles. The van der Waals surface area contributed by atoms with Crippen LogP contribution in [0.2, 0.25) is 0 Å². The molecule has 0 saturated carbocycles. The normalized spacial score (nSPS) is 7.25.